The molecule has 3 rings (SSSR count). The van der Waals surface area contributed by atoms with Crippen molar-refractivity contribution in [3.63, 3.8) is 0 Å². The molecule has 33 heavy (non-hydrogen) atoms. The normalized spacial score (nSPS) is 11.5. The quantitative estimate of drug-likeness (QED) is 0.257. The summed E-state index contributed by atoms with van der Waals surface area (Å²) in [6, 6.07) is 17.3. The fourth-order valence-corrected chi connectivity index (χ4v) is 4.19. The van der Waals surface area contributed by atoms with Crippen LogP contribution in [0, 0.1) is 25.2 Å². The van der Waals surface area contributed by atoms with Gasteiger partial charge in [0, 0.05) is 10.7 Å². The number of carbonyl (C=O) groups is 1. The van der Waals surface area contributed by atoms with Crippen molar-refractivity contribution in [3.8, 4) is 11.8 Å². The average Bonchev–Trinajstić information content (AvgIpc) is 2.77. The molecule has 3 aromatic rings. The number of rotatable bonds is 6. The Balaban J connectivity index is 1.81. The van der Waals surface area contributed by atoms with E-state index in [9.17, 15) is 18.5 Å². The smallest absolute Gasteiger partial charge is 0.339 e. The van der Waals surface area contributed by atoms with Crippen LogP contribution in [0.15, 0.2) is 71.1 Å². The Morgan fingerprint density at radius 1 is 1.03 bits per heavy atom. The molecule has 0 saturated heterocycles. The molecule has 0 aliphatic carbocycles. The molecule has 0 radical (unpaired) electrons. The minimum absolute atomic E-state index is 0.00261. The molecule has 3 aromatic carbocycles. The third kappa shape index (κ3) is 5.93. The molecule has 1 N–H and O–H groups in total. The summed E-state index contributed by atoms with van der Waals surface area (Å²) in [7, 11) is -4.08. The van der Waals surface area contributed by atoms with Crippen LogP contribution in [-0.4, -0.2) is 14.3 Å². The Kier molecular flexibility index (Phi) is 7.44. The number of benzene rings is 3. The maximum Gasteiger partial charge on any atom is 0.339 e. The van der Waals surface area contributed by atoms with E-state index < -0.39 is 16.0 Å². The first-order chi connectivity index (χ1) is 15.6. The van der Waals surface area contributed by atoms with E-state index in [2.05, 4.69) is 5.32 Å². The predicted molar refractivity (Wildman–Crippen MR) is 129 cm³/mol. The van der Waals surface area contributed by atoms with Crippen LogP contribution in [0.25, 0.3) is 6.08 Å². The molecule has 0 heterocycles. The molecule has 0 aliphatic heterocycles. The second kappa shape index (κ2) is 10.1. The van der Waals surface area contributed by atoms with Crippen molar-refractivity contribution in [2.75, 3.05) is 5.32 Å². The van der Waals surface area contributed by atoms with Crippen molar-refractivity contribution < 1.29 is 17.4 Å². The van der Waals surface area contributed by atoms with Crippen LogP contribution >= 0.6 is 23.2 Å². The van der Waals surface area contributed by atoms with Gasteiger partial charge in [-0.05, 0) is 67.4 Å². The van der Waals surface area contributed by atoms with Gasteiger partial charge in [0.2, 0.25) is 0 Å². The molecule has 0 aliphatic rings. The predicted octanol–water partition coefficient (Wildman–Crippen LogP) is 5.92. The summed E-state index contributed by atoms with van der Waals surface area (Å²) in [6.07, 6.45) is 1.33. The van der Waals surface area contributed by atoms with Gasteiger partial charge in [-0.25, -0.2) is 0 Å². The van der Waals surface area contributed by atoms with E-state index in [0.29, 0.717) is 21.8 Å². The minimum atomic E-state index is -4.08. The zero-order valence-electron chi connectivity index (χ0n) is 17.6. The van der Waals surface area contributed by atoms with Crippen molar-refractivity contribution in [2.24, 2.45) is 0 Å². The Morgan fingerprint density at radius 2 is 1.73 bits per heavy atom. The number of carbonyl (C=O) groups excluding carboxylic acids is 1. The summed E-state index contributed by atoms with van der Waals surface area (Å²) >= 11 is 12.3. The lowest BCUT2D eigenvalue weighted by Gasteiger charge is -2.10. The van der Waals surface area contributed by atoms with Gasteiger partial charge in [0.05, 0.1) is 5.02 Å². The summed E-state index contributed by atoms with van der Waals surface area (Å²) < 4.78 is 30.1. The number of anilines is 1. The first kappa shape index (κ1) is 24.3. The van der Waals surface area contributed by atoms with Gasteiger partial charge in [0.15, 0.2) is 5.75 Å². The Hall–Kier alpha value is -3.31. The largest absolute Gasteiger partial charge is 0.377 e. The highest BCUT2D eigenvalue weighted by Crippen LogP contribution is 2.30. The molecule has 0 saturated carbocycles. The third-order valence-corrected chi connectivity index (χ3v) is 6.61. The Morgan fingerprint density at radius 3 is 2.36 bits per heavy atom. The first-order valence-corrected chi connectivity index (χ1v) is 11.8. The second-order valence-electron chi connectivity index (χ2n) is 7.08. The van der Waals surface area contributed by atoms with Crippen molar-refractivity contribution in [1.29, 1.82) is 5.26 Å². The SMILES string of the molecule is Cc1ccc(S(=O)(=O)Oc2ccc(/C=C(\C#N)C(=O)Nc3cccc(Cl)c3C)cc2Cl)cc1. The van der Waals surface area contributed by atoms with Gasteiger partial charge in [-0.1, -0.05) is 53.0 Å². The van der Waals surface area contributed by atoms with E-state index in [-0.39, 0.29) is 21.2 Å². The molecule has 0 fully saturated rings. The summed E-state index contributed by atoms with van der Waals surface area (Å²) in [5.41, 5.74) is 2.30. The number of aryl methyl sites for hydroxylation is 1. The lowest BCUT2D eigenvalue weighted by Crippen LogP contribution is -2.14. The molecule has 0 bridgehead atoms. The van der Waals surface area contributed by atoms with E-state index in [1.807, 2.05) is 13.0 Å². The van der Waals surface area contributed by atoms with Crippen LogP contribution in [0.4, 0.5) is 5.69 Å². The molecule has 0 aromatic heterocycles. The average molecular weight is 501 g/mol. The molecule has 0 spiro atoms. The summed E-state index contributed by atoms with van der Waals surface area (Å²) in [5.74, 6) is -0.701. The summed E-state index contributed by atoms with van der Waals surface area (Å²) in [5, 5.41) is 12.6. The maximum absolute atomic E-state index is 12.5. The van der Waals surface area contributed by atoms with Gasteiger partial charge in [-0.3, -0.25) is 4.79 Å². The number of nitrogens with one attached hydrogen (secondary N) is 1. The Bertz CT molecular complexity index is 1390. The molecule has 9 heteroatoms. The molecule has 168 valence electrons. The zero-order chi connectivity index (χ0) is 24.2. The molecular weight excluding hydrogens is 483 g/mol. The lowest BCUT2D eigenvalue weighted by atomic mass is 10.1. The van der Waals surface area contributed by atoms with E-state index >= 15 is 0 Å². The number of hydrogen-bond donors (Lipinski definition) is 1. The van der Waals surface area contributed by atoms with Crippen molar-refractivity contribution in [3.05, 3.63) is 93.0 Å². The third-order valence-electron chi connectivity index (χ3n) is 4.66. The maximum atomic E-state index is 12.5. The first-order valence-electron chi connectivity index (χ1n) is 9.59. The van der Waals surface area contributed by atoms with E-state index in [1.54, 1.807) is 37.3 Å². The fourth-order valence-electron chi connectivity index (χ4n) is 2.79. The molecule has 1 amide bonds. The number of amides is 1. The van der Waals surface area contributed by atoms with E-state index in [1.165, 1.54) is 36.4 Å². The topological polar surface area (TPSA) is 96.3 Å². The monoisotopic (exact) mass is 500 g/mol. The van der Waals surface area contributed by atoms with Crippen LogP contribution in [-0.2, 0) is 14.9 Å². The highest BCUT2D eigenvalue weighted by molar-refractivity contribution is 7.87. The van der Waals surface area contributed by atoms with Crippen LogP contribution in [0.5, 0.6) is 5.75 Å². The van der Waals surface area contributed by atoms with Crippen LogP contribution in [0.1, 0.15) is 16.7 Å². The van der Waals surface area contributed by atoms with E-state index in [4.69, 9.17) is 27.4 Å². The highest BCUT2D eigenvalue weighted by atomic mass is 35.5. The second-order valence-corrected chi connectivity index (χ2v) is 9.44. The lowest BCUT2D eigenvalue weighted by molar-refractivity contribution is -0.112. The summed E-state index contributed by atoms with van der Waals surface area (Å²) in [6.45, 7) is 3.59. The van der Waals surface area contributed by atoms with Crippen molar-refractivity contribution >= 4 is 51.0 Å². The van der Waals surface area contributed by atoms with E-state index in [0.717, 1.165) is 5.56 Å². The van der Waals surface area contributed by atoms with Gasteiger partial charge in [-0.15, -0.1) is 0 Å². The standard InChI is InChI=1S/C24H18Cl2N2O4S/c1-15-6-9-19(10-7-15)33(30,31)32-23-11-8-17(13-21(23)26)12-18(14-27)24(29)28-22-5-3-4-20(25)16(22)2/h3-13H,1-2H3,(H,28,29)/b18-12+. The molecule has 0 atom stereocenters. The van der Waals surface area contributed by atoms with Gasteiger partial charge in [0.1, 0.15) is 16.5 Å². The zero-order valence-corrected chi connectivity index (χ0v) is 19.9. The molecular formula is C24H18Cl2N2O4S. The van der Waals surface area contributed by atoms with Crippen molar-refractivity contribution in [2.45, 2.75) is 18.7 Å². The highest BCUT2D eigenvalue weighted by Gasteiger charge is 2.18. The summed E-state index contributed by atoms with van der Waals surface area (Å²) in [4.78, 5) is 12.5. The van der Waals surface area contributed by atoms with Crippen LogP contribution in [0.2, 0.25) is 10.0 Å². The van der Waals surface area contributed by atoms with Gasteiger partial charge in [-0.2, -0.15) is 13.7 Å². The van der Waals surface area contributed by atoms with Crippen LogP contribution in [0.3, 0.4) is 0 Å². The van der Waals surface area contributed by atoms with Crippen molar-refractivity contribution in [1.82, 2.24) is 0 Å². The number of hydrogen-bond acceptors (Lipinski definition) is 5. The van der Waals surface area contributed by atoms with Gasteiger partial charge < -0.3 is 9.50 Å². The molecule has 6 nitrogen and oxygen atoms in total. The number of halogens is 2. The Labute approximate surface area is 202 Å². The molecule has 0 unspecified atom stereocenters. The fraction of sp³-hybridized carbons (Fsp3) is 0.0833. The van der Waals surface area contributed by atoms with Gasteiger partial charge >= 0.3 is 10.1 Å². The van der Waals surface area contributed by atoms with Gasteiger partial charge in [0.25, 0.3) is 5.91 Å². The minimum Gasteiger partial charge on any atom is -0.377 e. The number of nitrogens with zero attached hydrogens (tertiary/aromatic N) is 1. The van der Waals surface area contributed by atoms with Crippen LogP contribution < -0.4 is 9.50 Å². The number of nitriles is 1.